The summed E-state index contributed by atoms with van der Waals surface area (Å²) < 4.78 is 16.2. The van der Waals surface area contributed by atoms with Gasteiger partial charge in [0.15, 0.2) is 17.0 Å². The fourth-order valence-corrected chi connectivity index (χ4v) is 7.84. The normalized spacial score (nSPS) is 16.5. The first kappa shape index (κ1) is 22.6. The van der Waals surface area contributed by atoms with Crippen LogP contribution in [0.1, 0.15) is 5.56 Å². The van der Waals surface area contributed by atoms with Crippen LogP contribution in [0.2, 0.25) is 0 Å². The molecule has 6 nitrogen and oxygen atoms in total. The van der Waals surface area contributed by atoms with Gasteiger partial charge in [-0.1, -0.05) is 77.4 Å². The summed E-state index contributed by atoms with van der Waals surface area (Å²) >= 11 is 0. The van der Waals surface area contributed by atoms with Gasteiger partial charge in [0.2, 0.25) is 5.82 Å². The first-order valence-corrected chi connectivity index (χ1v) is 14.9. The second-order valence-electron chi connectivity index (χ2n) is 11.7. The molecule has 11 rings (SSSR count). The third-order valence-corrected chi connectivity index (χ3v) is 9.57. The van der Waals surface area contributed by atoms with Gasteiger partial charge in [0, 0.05) is 23.2 Å². The Labute approximate surface area is 251 Å². The van der Waals surface area contributed by atoms with Crippen molar-refractivity contribution in [3.05, 3.63) is 145 Å². The number of ether oxygens (including phenoxy) is 1. The van der Waals surface area contributed by atoms with E-state index in [1.165, 1.54) is 27.4 Å². The van der Waals surface area contributed by atoms with Gasteiger partial charge in [-0.05, 0) is 53.6 Å². The number of hydrogen-bond donors (Lipinski definition) is 0. The lowest BCUT2D eigenvalue weighted by atomic mass is 9.98. The number of aromatic nitrogens is 5. The average Bonchev–Trinajstić information content (AvgIpc) is 3.75. The molecular formula is C38H23N5O+2. The molecule has 0 aliphatic carbocycles. The van der Waals surface area contributed by atoms with Crippen LogP contribution in [-0.4, -0.2) is 14.1 Å². The number of benzene rings is 4. The summed E-state index contributed by atoms with van der Waals surface area (Å²) in [6.07, 6.45) is 4.43. The highest BCUT2D eigenvalue weighted by atomic mass is 16.5. The molecule has 0 saturated heterocycles. The molecule has 8 aromatic rings. The van der Waals surface area contributed by atoms with Crippen molar-refractivity contribution in [1.29, 1.82) is 0 Å². The van der Waals surface area contributed by atoms with Crippen LogP contribution in [0.15, 0.2) is 140 Å². The Balaban J connectivity index is 1.24. The van der Waals surface area contributed by atoms with Crippen molar-refractivity contribution in [3.63, 3.8) is 0 Å². The largest absolute Gasteiger partial charge is 0.438 e. The van der Waals surface area contributed by atoms with E-state index in [1.807, 2.05) is 6.07 Å². The molecule has 1 spiro atoms. The number of imidazole rings is 1. The molecule has 3 aliphatic heterocycles. The van der Waals surface area contributed by atoms with Crippen molar-refractivity contribution in [2.24, 2.45) is 0 Å². The zero-order chi connectivity index (χ0) is 28.6. The molecule has 0 radical (unpaired) electrons. The van der Waals surface area contributed by atoms with Crippen molar-refractivity contribution >= 4 is 21.9 Å². The number of hydrogen-bond acceptors (Lipinski definition) is 2. The maximum Gasteiger partial charge on any atom is 0.438 e. The van der Waals surface area contributed by atoms with Crippen LogP contribution in [0.4, 0.5) is 0 Å². The molecule has 7 heterocycles. The zero-order valence-electron chi connectivity index (χ0n) is 23.4. The summed E-state index contributed by atoms with van der Waals surface area (Å²) in [5.74, 6) is 1.78. The van der Waals surface area contributed by atoms with E-state index in [0.29, 0.717) is 0 Å². The minimum absolute atomic E-state index is 0.773. The average molecular weight is 566 g/mol. The molecule has 44 heavy (non-hydrogen) atoms. The van der Waals surface area contributed by atoms with Gasteiger partial charge < -0.3 is 4.74 Å². The van der Waals surface area contributed by atoms with Gasteiger partial charge in [0.05, 0.1) is 17.1 Å². The molecule has 0 bridgehead atoms. The van der Waals surface area contributed by atoms with Gasteiger partial charge in [0.25, 0.3) is 5.69 Å². The highest BCUT2D eigenvalue weighted by Crippen LogP contribution is 2.50. The molecule has 0 fully saturated rings. The SMILES string of the molecule is c1ccc(-c2ccc(-c3cn4c(n3)-c3cccc5[n+]3C43c4c(cccc4-n4c6ccccc6c6ccc[n+]3c64)O5)cc2)cc1. The fraction of sp³-hybridized carbons (Fsp3) is 0.0263. The number of para-hydroxylation sites is 1. The Morgan fingerprint density at radius 2 is 1.43 bits per heavy atom. The highest BCUT2D eigenvalue weighted by Gasteiger charge is 2.68. The Bertz CT molecular complexity index is 2530. The molecule has 1 atom stereocenters. The number of rotatable bonds is 2. The number of fused-ring (bicyclic) bond motifs is 6. The van der Waals surface area contributed by atoms with E-state index >= 15 is 0 Å². The monoisotopic (exact) mass is 565 g/mol. The molecule has 4 aromatic carbocycles. The van der Waals surface area contributed by atoms with Crippen LogP contribution in [0.5, 0.6) is 11.6 Å². The van der Waals surface area contributed by atoms with E-state index in [2.05, 4.69) is 152 Å². The van der Waals surface area contributed by atoms with Gasteiger partial charge in [-0.2, -0.15) is 4.57 Å². The quantitative estimate of drug-likeness (QED) is 0.211. The molecule has 4 aromatic heterocycles. The van der Waals surface area contributed by atoms with E-state index in [0.717, 1.165) is 51.3 Å². The standard InChI is InChI=1S/C38H23N5O/c1-2-9-24(10-3-1)25-18-20-26(21-19-25)29-23-41-36(39-29)32-15-7-17-34-43(32)38(41)35-31(14-6-16-33(35)44-34)42-30-13-5-4-11-27(30)28-12-8-22-40(38)37(28)42/h1-23H/q+2. The van der Waals surface area contributed by atoms with E-state index < -0.39 is 5.79 Å². The second kappa shape index (κ2) is 7.68. The van der Waals surface area contributed by atoms with E-state index in [9.17, 15) is 0 Å². The predicted molar refractivity (Wildman–Crippen MR) is 168 cm³/mol. The Morgan fingerprint density at radius 3 is 2.34 bits per heavy atom. The maximum absolute atomic E-state index is 6.68. The highest BCUT2D eigenvalue weighted by molar-refractivity contribution is 6.07. The summed E-state index contributed by atoms with van der Waals surface area (Å²) in [4.78, 5) is 5.32. The van der Waals surface area contributed by atoms with Crippen LogP contribution in [0, 0.1) is 0 Å². The maximum atomic E-state index is 6.68. The van der Waals surface area contributed by atoms with Crippen LogP contribution in [-0.2, 0) is 5.79 Å². The van der Waals surface area contributed by atoms with Gasteiger partial charge in [-0.25, -0.2) is 9.55 Å². The molecule has 1 unspecified atom stereocenters. The van der Waals surface area contributed by atoms with Crippen LogP contribution in [0.3, 0.4) is 0 Å². The summed E-state index contributed by atoms with van der Waals surface area (Å²) in [6, 6.07) is 45.0. The van der Waals surface area contributed by atoms with E-state index in [-0.39, 0.29) is 0 Å². The summed E-state index contributed by atoms with van der Waals surface area (Å²) in [5, 5.41) is 2.44. The predicted octanol–water partition coefficient (Wildman–Crippen LogP) is 7.04. The van der Waals surface area contributed by atoms with Gasteiger partial charge in [0.1, 0.15) is 11.7 Å². The fourth-order valence-electron chi connectivity index (χ4n) is 7.84. The van der Waals surface area contributed by atoms with Crippen molar-refractivity contribution < 1.29 is 13.9 Å². The number of nitrogens with zero attached hydrogens (tertiary/aromatic N) is 5. The molecule has 6 heteroatoms. The topological polar surface area (TPSA) is 39.7 Å². The summed E-state index contributed by atoms with van der Waals surface area (Å²) in [6.45, 7) is 0. The zero-order valence-corrected chi connectivity index (χ0v) is 23.4. The van der Waals surface area contributed by atoms with Crippen molar-refractivity contribution in [3.8, 4) is 51.2 Å². The minimum atomic E-state index is -0.773. The Kier molecular flexibility index (Phi) is 3.94. The molecule has 0 saturated carbocycles. The van der Waals surface area contributed by atoms with Crippen LogP contribution >= 0.6 is 0 Å². The summed E-state index contributed by atoms with van der Waals surface area (Å²) in [5.41, 5.74) is 9.97. The van der Waals surface area contributed by atoms with Gasteiger partial charge in [-0.15, -0.1) is 4.57 Å². The smallest absolute Gasteiger partial charge is 0.404 e. The van der Waals surface area contributed by atoms with Gasteiger partial charge >= 0.3 is 17.3 Å². The van der Waals surface area contributed by atoms with E-state index in [1.54, 1.807) is 0 Å². The third-order valence-electron chi connectivity index (χ3n) is 9.57. The van der Waals surface area contributed by atoms with Crippen molar-refractivity contribution in [2.75, 3.05) is 0 Å². The molecular weight excluding hydrogens is 542 g/mol. The molecule has 204 valence electrons. The van der Waals surface area contributed by atoms with E-state index in [4.69, 9.17) is 9.72 Å². The third kappa shape index (κ3) is 2.49. The lowest BCUT2D eigenvalue weighted by Gasteiger charge is -2.33. The molecule has 0 N–H and O–H groups in total. The summed E-state index contributed by atoms with van der Waals surface area (Å²) in [7, 11) is 0. The van der Waals surface area contributed by atoms with Gasteiger partial charge in [-0.3, -0.25) is 0 Å². The first-order valence-electron chi connectivity index (χ1n) is 14.9. The lowest BCUT2D eigenvalue weighted by molar-refractivity contribution is -0.973. The van der Waals surface area contributed by atoms with Crippen LogP contribution < -0.4 is 13.9 Å². The van der Waals surface area contributed by atoms with Crippen molar-refractivity contribution in [2.45, 2.75) is 5.79 Å². The van der Waals surface area contributed by atoms with Crippen LogP contribution in [0.25, 0.3) is 61.5 Å². The second-order valence-corrected chi connectivity index (χ2v) is 11.7. The number of pyridine rings is 2. The Hall–Kier alpha value is -6.01. The first-order chi connectivity index (χ1) is 21.8. The minimum Gasteiger partial charge on any atom is -0.404 e. The molecule has 0 amide bonds. The Morgan fingerprint density at radius 1 is 0.659 bits per heavy atom. The lowest BCUT2D eigenvalue weighted by Crippen LogP contribution is -2.78. The molecule has 3 aliphatic rings. The van der Waals surface area contributed by atoms with Crippen molar-refractivity contribution in [1.82, 2.24) is 14.1 Å².